The van der Waals surface area contributed by atoms with E-state index in [2.05, 4.69) is 20.6 Å². The minimum Gasteiger partial charge on any atom is -0.351 e. The van der Waals surface area contributed by atoms with Crippen molar-refractivity contribution in [3.8, 4) is 0 Å². The van der Waals surface area contributed by atoms with E-state index in [1.807, 2.05) is 12.3 Å². The lowest BCUT2D eigenvalue weighted by molar-refractivity contribution is 0.373. The van der Waals surface area contributed by atoms with E-state index < -0.39 is 0 Å². The zero-order chi connectivity index (χ0) is 11.5. The van der Waals surface area contributed by atoms with Crippen molar-refractivity contribution in [1.82, 2.24) is 15.3 Å². The Bertz CT molecular complexity index is 369. The standard InChI is InChI=1S/C13H20N4/c1-2-10(9-14-6-1)8-12-5-7-15-13(17-12)16-11-3-4-11/h5,7,10-11,14H,1-4,6,8-9H2,(H,15,16,17). The Kier molecular flexibility index (Phi) is 3.22. The molecule has 2 aliphatic rings. The van der Waals surface area contributed by atoms with Gasteiger partial charge in [-0.3, -0.25) is 0 Å². The molecule has 1 aromatic heterocycles. The number of nitrogens with zero attached hydrogens (tertiary/aromatic N) is 2. The summed E-state index contributed by atoms with van der Waals surface area (Å²) in [6.07, 6.45) is 8.10. The molecular weight excluding hydrogens is 212 g/mol. The second kappa shape index (κ2) is 5.00. The van der Waals surface area contributed by atoms with Gasteiger partial charge in [-0.1, -0.05) is 0 Å². The van der Waals surface area contributed by atoms with Crippen molar-refractivity contribution in [3.63, 3.8) is 0 Å². The summed E-state index contributed by atoms with van der Waals surface area (Å²) in [6.45, 7) is 2.31. The van der Waals surface area contributed by atoms with Crippen molar-refractivity contribution in [1.29, 1.82) is 0 Å². The summed E-state index contributed by atoms with van der Waals surface area (Å²) in [5.74, 6) is 1.56. The monoisotopic (exact) mass is 232 g/mol. The fraction of sp³-hybridized carbons (Fsp3) is 0.692. The fourth-order valence-electron chi connectivity index (χ4n) is 2.38. The topological polar surface area (TPSA) is 49.8 Å². The number of piperidine rings is 1. The Morgan fingerprint density at radius 3 is 3.06 bits per heavy atom. The van der Waals surface area contributed by atoms with Gasteiger partial charge in [-0.25, -0.2) is 9.97 Å². The summed E-state index contributed by atoms with van der Waals surface area (Å²) in [5.41, 5.74) is 1.18. The van der Waals surface area contributed by atoms with Gasteiger partial charge in [-0.2, -0.15) is 0 Å². The number of rotatable bonds is 4. The molecule has 1 saturated heterocycles. The van der Waals surface area contributed by atoms with Crippen molar-refractivity contribution in [2.75, 3.05) is 18.4 Å². The molecular formula is C13H20N4. The highest BCUT2D eigenvalue weighted by molar-refractivity contribution is 5.28. The average Bonchev–Trinajstić information content (AvgIpc) is 3.15. The summed E-state index contributed by atoms with van der Waals surface area (Å²) >= 11 is 0. The highest BCUT2D eigenvalue weighted by Gasteiger charge is 2.22. The van der Waals surface area contributed by atoms with Crippen molar-refractivity contribution >= 4 is 5.95 Å². The highest BCUT2D eigenvalue weighted by atomic mass is 15.1. The largest absolute Gasteiger partial charge is 0.351 e. The van der Waals surface area contributed by atoms with Crippen LogP contribution in [0.3, 0.4) is 0 Å². The van der Waals surface area contributed by atoms with E-state index in [4.69, 9.17) is 0 Å². The molecule has 1 atom stereocenters. The van der Waals surface area contributed by atoms with Gasteiger partial charge < -0.3 is 10.6 Å². The number of hydrogen-bond acceptors (Lipinski definition) is 4. The molecule has 17 heavy (non-hydrogen) atoms. The average molecular weight is 232 g/mol. The van der Waals surface area contributed by atoms with Crippen LogP contribution in [-0.2, 0) is 6.42 Å². The van der Waals surface area contributed by atoms with Gasteiger partial charge in [-0.05, 0) is 57.2 Å². The van der Waals surface area contributed by atoms with Crippen LogP contribution in [-0.4, -0.2) is 29.1 Å². The highest BCUT2D eigenvalue weighted by Crippen LogP contribution is 2.23. The molecule has 1 saturated carbocycles. The molecule has 1 aliphatic heterocycles. The van der Waals surface area contributed by atoms with Crippen LogP contribution in [0.25, 0.3) is 0 Å². The van der Waals surface area contributed by atoms with Crippen LogP contribution in [0.4, 0.5) is 5.95 Å². The van der Waals surface area contributed by atoms with Crippen molar-refractivity contribution in [2.45, 2.75) is 38.1 Å². The van der Waals surface area contributed by atoms with Crippen LogP contribution in [0.1, 0.15) is 31.4 Å². The van der Waals surface area contributed by atoms with Gasteiger partial charge >= 0.3 is 0 Å². The van der Waals surface area contributed by atoms with E-state index in [9.17, 15) is 0 Å². The maximum absolute atomic E-state index is 4.60. The van der Waals surface area contributed by atoms with Crippen molar-refractivity contribution in [3.05, 3.63) is 18.0 Å². The van der Waals surface area contributed by atoms with Crippen LogP contribution in [0, 0.1) is 5.92 Å². The van der Waals surface area contributed by atoms with Crippen LogP contribution < -0.4 is 10.6 Å². The first kappa shape index (κ1) is 11.0. The zero-order valence-corrected chi connectivity index (χ0v) is 10.2. The second-order valence-electron chi connectivity index (χ2n) is 5.21. The quantitative estimate of drug-likeness (QED) is 0.828. The Morgan fingerprint density at radius 1 is 1.35 bits per heavy atom. The summed E-state index contributed by atoms with van der Waals surface area (Å²) in [5, 5.41) is 6.81. The molecule has 0 bridgehead atoms. The molecule has 2 fully saturated rings. The molecule has 4 heteroatoms. The van der Waals surface area contributed by atoms with E-state index in [0.29, 0.717) is 6.04 Å². The van der Waals surface area contributed by atoms with Crippen LogP contribution >= 0.6 is 0 Å². The van der Waals surface area contributed by atoms with Crippen LogP contribution in [0.2, 0.25) is 0 Å². The Morgan fingerprint density at radius 2 is 2.29 bits per heavy atom. The maximum Gasteiger partial charge on any atom is 0.223 e. The summed E-state index contributed by atoms with van der Waals surface area (Å²) in [7, 11) is 0. The smallest absolute Gasteiger partial charge is 0.223 e. The molecule has 92 valence electrons. The molecule has 2 N–H and O–H groups in total. The lowest BCUT2D eigenvalue weighted by Gasteiger charge is -2.22. The number of anilines is 1. The van der Waals surface area contributed by atoms with Crippen LogP contribution in [0.15, 0.2) is 12.3 Å². The van der Waals surface area contributed by atoms with E-state index in [1.54, 1.807) is 0 Å². The van der Waals surface area contributed by atoms with Gasteiger partial charge in [0.15, 0.2) is 0 Å². The molecule has 1 aliphatic carbocycles. The van der Waals surface area contributed by atoms with Gasteiger partial charge in [0.25, 0.3) is 0 Å². The summed E-state index contributed by atoms with van der Waals surface area (Å²) in [4.78, 5) is 8.87. The second-order valence-corrected chi connectivity index (χ2v) is 5.21. The van der Waals surface area contributed by atoms with E-state index in [1.165, 1.54) is 37.9 Å². The maximum atomic E-state index is 4.60. The molecule has 0 radical (unpaired) electrons. The third kappa shape index (κ3) is 3.16. The molecule has 0 aromatic carbocycles. The first-order valence-electron chi connectivity index (χ1n) is 6.69. The van der Waals surface area contributed by atoms with Gasteiger partial charge in [0.05, 0.1) is 0 Å². The molecule has 0 amide bonds. The SMILES string of the molecule is c1cc(CC2CCCNC2)nc(NC2CC2)n1. The van der Waals surface area contributed by atoms with Gasteiger partial charge in [0.1, 0.15) is 0 Å². The summed E-state index contributed by atoms with van der Waals surface area (Å²) in [6, 6.07) is 2.67. The lowest BCUT2D eigenvalue weighted by Crippen LogP contribution is -2.31. The molecule has 3 rings (SSSR count). The molecule has 0 spiro atoms. The molecule has 1 aromatic rings. The lowest BCUT2D eigenvalue weighted by atomic mass is 9.95. The van der Waals surface area contributed by atoms with Crippen molar-refractivity contribution in [2.24, 2.45) is 5.92 Å². The Balaban J connectivity index is 1.60. The Labute approximate surface area is 102 Å². The molecule has 4 nitrogen and oxygen atoms in total. The third-order valence-corrected chi connectivity index (χ3v) is 3.52. The predicted octanol–water partition coefficient (Wildman–Crippen LogP) is 1.59. The van der Waals surface area contributed by atoms with Gasteiger partial charge in [0, 0.05) is 17.9 Å². The van der Waals surface area contributed by atoms with E-state index in [-0.39, 0.29) is 0 Å². The Hall–Kier alpha value is -1.16. The van der Waals surface area contributed by atoms with E-state index in [0.717, 1.165) is 24.8 Å². The molecule has 1 unspecified atom stereocenters. The number of aromatic nitrogens is 2. The van der Waals surface area contributed by atoms with Crippen molar-refractivity contribution < 1.29 is 0 Å². The fourth-order valence-corrected chi connectivity index (χ4v) is 2.38. The minimum atomic E-state index is 0.626. The normalized spacial score (nSPS) is 24.6. The molecule has 2 heterocycles. The third-order valence-electron chi connectivity index (χ3n) is 3.52. The summed E-state index contributed by atoms with van der Waals surface area (Å²) < 4.78 is 0. The number of hydrogen-bond donors (Lipinski definition) is 2. The predicted molar refractivity (Wildman–Crippen MR) is 68.0 cm³/mol. The first-order chi connectivity index (χ1) is 8.40. The minimum absolute atomic E-state index is 0.626. The first-order valence-corrected chi connectivity index (χ1v) is 6.69. The van der Waals surface area contributed by atoms with E-state index >= 15 is 0 Å². The number of nitrogens with one attached hydrogen (secondary N) is 2. The zero-order valence-electron chi connectivity index (χ0n) is 10.2. The van der Waals surface area contributed by atoms with Crippen LogP contribution in [0.5, 0.6) is 0 Å². The van der Waals surface area contributed by atoms with Gasteiger partial charge in [-0.15, -0.1) is 0 Å². The van der Waals surface area contributed by atoms with Gasteiger partial charge in [0.2, 0.25) is 5.95 Å².